The summed E-state index contributed by atoms with van der Waals surface area (Å²) in [5.41, 5.74) is 2.29. The molecule has 6 aromatic carbocycles. The molecule has 2 nitrogen and oxygen atoms in total. The second-order valence-corrected chi connectivity index (χ2v) is 10.8. The van der Waals surface area contributed by atoms with Gasteiger partial charge in [-0.1, -0.05) is 47.9 Å². The summed E-state index contributed by atoms with van der Waals surface area (Å²) in [6.07, 6.45) is -8.85. The Morgan fingerprint density at radius 3 is 1.15 bits per heavy atom. The van der Waals surface area contributed by atoms with Crippen molar-refractivity contribution in [1.29, 1.82) is 0 Å². The average Bonchev–Trinajstić information content (AvgIpc) is 3.26. The van der Waals surface area contributed by atoms with E-state index in [1.165, 1.54) is 24.3 Å². The van der Waals surface area contributed by atoms with Crippen LogP contribution in [0.1, 0.15) is 33.4 Å². The van der Waals surface area contributed by atoms with Gasteiger partial charge in [-0.2, -0.15) is 26.3 Å². The van der Waals surface area contributed by atoms with Gasteiger partial charge in [-0.15, -0.1) is 0 Å². The number of hydrogen-bond donors (Lipinski definition) is 0. The normalized spacial score (nSPS) is 12.4. The van der Waals surface area contributed by atoms with Gasteiger partial charge in [0.15, 0.2) is 0 Å². The molecule has 0 saturated carbocycles. The van der Waals surface area contributed by atoms with Crippen molar-refractivity contribution in [3.8, 4) is 46.3 Å². The molecule has 0 atom stereocenters. The van der Waals surface area contributed by atoms with Crippen molar-refractivity contribution in [2.75, 3.05) is 6.79 Å². The molecule has 0 spiro atoms. The average molecular weight is 635 g/mol. The Hall–Kier alpha value is -5.86. The van der Waals surface area contributed by atoms with Crippen molar-refractivity contribution >= 4 is 21.5 Å². The van der Waals surface area contributed by atoms with Crippen LogP contribution in [0.5, 0.6) is 11.5 Å². The van der Waals surface area contributed by atoms with Crippen LogP contribution in [0.2, 0.25) is 0 Å². The molecule has 7 rings (SSSR count). The van der Waals surface area contributed by atoms with Gasteiger partial charge in [0, 0.05) is 33.4 Å². The number of fused-ring (bicyclic) bond motifs is 7. The monoisotopic (exact) mass is 634 g/mol. The van der Waals surface area contributed by atoms with Crippen molar-refractivity contribution in [3.63, 3.8) is 0 Å². The fourth-order valence-electron chi connectivity index (χ4n) is 5.44. The molecule has 0 aromatic heterocycles. The summed E-state index contributed by atoms with van der Waals surface area (Å²) in [4.78, 5) is 0. The zero-order valence-corrected chi connectivity index (χ0v) is 24.2. The summed E-state index contributed by atoms with van der Waals surface area (Å²) < 4.78 is 89.8. The highest BCUT2D eigenvalue weighted by Gasteiger charge is 2.30. The lowest BCUT2D eigenvalue weighted by Gasteiger charge is -2.14. The predicted octanol–water partition coefficient (Wildman–Crippen LogP) is 10.2. The fourth-order valence-corrected chi connectivity index (χ4v) is 5.44. The van der Waals surface area contributed by atoms with Crippen LogP contribution in [-0.4, -0.2) is 6.79 Å². The van der Waals surface area contributed by atoms with Crippen LogP contribution in [0, 0.1) is 23.7 Å². The first-order chi connectivity index (χ1) is 22.5. The van der Waals surface area contributed by atoms with E-state index in [1.807, 2.05) is 60.7 Å². The summed E-state index contributed by atoms with van der Waals surface area (Å²) in [6, 6.07) is 28.4. The van der Waals surface area contributed by atoms with Crippen LogP contribution >= 0.6 is 0 Å². The number of ether oxygens (including phenoxy) is 2. The van der Waals surface area contributed by atoms with Crippen molar-refractivity contribution in [2.24, 2.45) is 0 Å². The van der Waals surface area contributed by atoms with E-state index in [0.717, 1.165) is 56.9 Å². The second kappa shape index (κ2) is 11.5. The molecular formula is C39H20F6O2. The van der Waals surface area contributed by atoms with Crippen molar-refractivity contribution in [2.45, 2.75) is 12.4 Å². The molecule has 0 N–H and O–H groups in total. The lowest BCUT2D eigenvalue weighted by molar-refractivity contribution is -0.138. The van der Waals surface area contributed by atoms with Gasteiger partial charge in [0.2, 0.25) is 6.79 Å². The predicted molar refractivity (Wildman–Crippen MR) is 168 cm³/mol. The third kappa shape index (κ3) is 6.06. The Balaban J connectivity index is 1.32. The lowest BCUT2D eigenvalue weighted by Crippen LogP contribution is -2.04. The van der Waals surface area contributed by atoms with Crippen molar-refractivity contribution < 1.29 is 35.8 Å². The maximum absolute atomic E-state index is 13.0. The van der Waals surface area contributed by atoms with Crippen LogP contribution in [0.15, 0.2) is 109 Å². The minimum atomic E-state index is -4.42. The van der Waals surface area contributed by atoms with E-state index < -0.39 is 23.5 Å². The third-order valence-corrected chi connectivity index (χ3v) is 7.77. The van der Waals surface area contributed by atoms with Gasteiger partial charge in [-0.05, 0) is 106 Å². The molecule has 0 unspecified atom stereocenters. The molecule has 230 valence electrons. The van der Waals surface area contributed by atoms with Gasteiger partial charge in [-0.25, -0.2) is 0 Å². The number of hydrogen-bond acceptors (Lipinski definition) is 2. The Bertz CT molecular complexity index is 2130. The molecular weight excluding hydrogens is 614 g/mol. The first kappa shape index (κ1) is 29.8. The van der Waals surface area contributed by atoms with E-state index in [-0.39, 0.29) is 6.79 Å². The molecule has 0 fully saturated rings. The smallest absolute Gasteiger partial charge is 0.416 e. The second-order valence-electron chi connectivity index (χ2n) is 10.8. The van der Waals surface area contributed by atoms with Crippen molar-refractivity contribution in [3.05, 3.63) is 143 Å². The molecule has 1 heterocycles. The summed E-state index contributed by atoms with van der Waals surface area (Å²) in [7, 11) is 0. The molecule has 0 amide bonds. The van der Waals surface area contributed by atoms with E-state index in [1.54, 1.807) is 0 Å². The Morgan fingerprint density at radius 2 is 0.766 bits per heavy atom. The fraction of sp³-hybridized carbons (Fsp3) is 0.0769. The van der Waals surface area contributed by atoms with Crippen molar-refractivity contribution in [1.82, 2.24) is 0 Å². The first-order valence-electron chi connectivity index (χ1n) is 14.3. The summed E-state index contributed by atoms with van der Waals surface area (Å²) in [6.45, 7) is -0.0160. The quantitative estimate of drug-likeness (QED) is 0.122. The third-order valence-electron chi connectivity index (χ3n) is 7.77. The Kier molecular flexibility index (Phi) is 7.30. The van der Waals surface area contributed by atoms with E-state index in [0.29, 0.717) is 33.8 Å². The van der Waals surface area contributed by atoms with Crippen LogP contribution in [-0.2, 0) is 12.4 Å². The van der Waals surface area contributed by atoms with Crippen LogP contribution in [0.4, 0.5) is 26.3 Å². The van der Waals surface area contributed by atoms with E-state index in [4.69, 9.17) is 9.47 Å². The standard InChI is InChI=1S/C39H20F6O2/c40-38(41,42)30-15-7-24(8-16-30)1-3-26-5-11-28-13-19-34-36(32(28)21-26)37-33-22-27(6-12-29(33)14-20-35(37)47-23-46-34)4-2-25-9-17-31(18-10-25)39(43,44)45/h5-22H,23H2. The Labute approximate surface area is 265 Å². The zero-order valence-electron chi connectivity index (χ0n) is 24.2. The molecule has 0 bridgehead atoms. The lowest BCUT2D eigenvalue weighted by atomic mass is 9.91. The van der Waals surface area contributed by atoms with Crippen LogP contribution in [0.3, 0.4) is 0 Å². The highest BCUT2D eigenvalue weighted by molar-refractivity contribution is 6.10. The number of benzene rings is 6. The van der Waals surface area contributed by atoms with Crippen LogP contribution in [0.25, 0.3) is 32.7 Å². The van der Waals surface area contributed by atoms with Gasteiger partial charge in [0.25, 0.3) is 0 Å². The van der Waals surface area contributed by atoms with Gasteiger partial charge >= 0.3 is 12.4 Å². The SMILES string of the molecule is FC(F)(F)c1ccc(C#Cc2ccc3ccc4c(c3c2)-c2c(ccc3ccc(C#Cc5ccc(C(F)(F)F)cc5)cc23)OCO4)cc1. The number of alkyl halides is 6. The maximum Gasteiger partial charge on any atom is 0.416 e. The van der Waals surface area contributed by atoms with Crippen LogP contribution < -0.4 is 9.47 Å². The van der Waals surface area contributed by atoms with E-state index >= 15 is 0 Å². The van der Waals surface area contributed by atoms with Gasteiger partial charge in [0.05, 0.1) is 11.1 Å². The van der Waals surface area contributed by atoms with Gasteiger partial charge in [-0.3, -0.25) is 0 Å². The minimum absolute atomic E-state index is 0.0160. The van der Waals surface area contributed by atoms with E-state index in [9.17, 15) is 26.3 Å². The number of halogens is 6. The molecule has 1 aliphatic heterocycles. The highest BCUT2D eigenvalue weighted by Crippen LogP contribution is 2.47. The topological polar surface area (TPSA) is 18.5 Å². The zero-order chi connectivity index (χ0) is 32.8. The number of rotatable bonds is 0. The highest BCUT2D eigenvalue weighted by atomic mass is 19.4. The van der Waals surface area contributed by atoms with Gasteiger partial charge in [0.1, 0.15) is 11.5 Å². The molecule has 0 aliphatic carbocycles. The van der Waals surface area contributed by atoms with E-state index in [2.05, 4.69) is 23.7 Å². The minimum Gasteiger partial charge on any atom is -0.457 e. The largest absolute Gasteiger partial charge is 0.457 e. The molecule has 6 aromatic rings. The first-order valence-corrected chi connectivity index (χ1v) is 14.3. The molecule has 1 aliphatic rings. The Morgan fingerprint density at radius 1 is 0.426 bits per heavy atom. The summed E-state index contributed by atoms with van der Waals surface area (Å²) in [5, 5.41) is 3.50. The summed E-state index contributed by atoms with van der Waals surface area (Å²) >= 11 is 0. The van der Waals surface area contributed by atoms with Gasteiger partial charge < -0.3 is 9.47 Å². The molecule has 8 heteroatoms. The molecule has 0 radical (unpaired) electrons. The summed E-state index contributed by atoms with van der Waals surface area (Å²) in [5.74, 6) is 13.2. The molecule has 0 saturated heterocycles. The molecule has 47 heavy (non-hydrogen) atoms. The maximum atomic E-state index is 13.0.